The number of benzene rings is 1. The molecule has 0 aromatic heterocycles. The number of ether oxygens (including phenoxy) is 2. The molecule has 0 aliphatic carbocycles. The molecule has 0 fully saturated rings. The zero-order valence-electron chi connectivity index (χ0n) is 11.5. The van der Waals surface area contributed by atoms with Crippen molar-refractivity contribution in [2.45, 2.75) is 39.2 Å². The van der Waals surface area contributed by atoms with Crippen molar-refractivity contribution in [2.24, 2.45) is 5.73 Å². The first kappa shape index (κ1) is 15.0. The van der Waals surface area contributed by atoms with Gasteiger partial charge in [0.1, 0.15) is 12.4 Å². The van der Waals surface area contributed by atoms with E-state index in [1.165, 1.54) is 0 Å². The highest BCUT2D eigenvalue weighted by molar-refractivity contribution is 5.30. The summed E-state index contributed by atoms with van der Waals surface area (Å²) < 4.78 is 11.1. The molecule has 0 aliphatic heterocycles. The van der Waals surface area contributed by atoms with E-state index in [1.54, 1.807) is 0 Å². The van der Waals surface area contributed by atoms with E-state index in [2.05, 4.69) is 13.8 Å². The number of rotatable bonds is 9. The summed E-state index contributed by atoms with van der Waals surface area (Å²) in [7, 11) is 0. The topological polar surface area (TPSA) is 44.5 Å². The van der Waals surface area contributed by atoms with Crippen molar-refractivity contribution in [2.75, 3.05) is 19.8 Å². The molecule has 18 heavy (non-hydrogen) atoms. The van der Waals surface area contributed by atoms with Gasteiger partial charge in [0.15, 0.2) is 0 Å². The highest BCUT2D eigenvalue weighted by atomic mass is 16.5. The van der Waals surface area contributed by atoms with Gasteiger partial charge in [0.25, 0.3) is 0 Å². The van der Waals surface area contributed by atoms with Gasteiger partial charge in [-0.3, -0.25) is 0 Å². The van der Waals surface area contributed by atoms with Crippen LogP contribution in [0.25, 0.3) is 0 Å². The molecule has 0 radical (unpaired) electrons. The molecule has 0 aliphatic rings. The smallest absolute Gasteiger partial charge is 0.119 e. The molecule has 0 saturated heterocycles. The standard InChI is InChI=1S/C15H25NO2/c1-3-5-9-17-10-11-18-14-8-6-7-13(12-14)15(16)4-2/h6-8,12,15H,3-5,9-11,16H2,1-2H3. The fourth-order valence-electron chi connectivity index (χ4n) is 1.64. The first-order valence-corrected chi connectivity index (χ1v) is 6.84. The Balaban J connectivity index is 2.29. The highest BCUT2D eigenvalue weighted by Gasteiger charge is 2.04. The van der Waals surface area contributed by atoms with Crippen molar-refractivity contribution in [1.82, 2.24) is 0 Å². The van der Waals surface area contributed by atoms with Crippen LogP contribution in [0.5, 0.6) is 5.75 Å². The number of hydrogen-bond acceptors (Lipinski definition) is 3. The van der Waals surface area contributed by atoms with Crippen molar-refractivity contribution in [3.63, 3.8) is 0 Å². The van der Waals surface area contributed by atoms with E-state index >= 15 is 0 Å². The van der Waals surface area contributed by atoms with E-state index < -0.39 is 0 Å². The number of unbranched alkanes of at least 4 members (excludes halogenated alkanes) is 1. The maximum Gasteiger partial charge on any atom is 0.119 e. The summed E-state index contributed by atoms with van der Waals surface area (Å²) in [6, 6.07) is 8.09. The lowest BCUT2D eigenvalue weighted by Gasteiger charge is -2.12. The summed E-state index contributed by atoms with van der Waals surface area (Å²) in [6.07, 6.45) is 3.21. The molecule has 0 saturated carbocycles. The SMILES string of the molecule is CCCCOCCOc1cccc(C(N)CC)c1. The van der Waals surface area contributed by atoms with Gasteiger partial charge in [0.2, 0.25) is 0 Å². The van der Waals surface area contributed by atoms with Gasteiger partial charge < -0.3 is 15.2 Å². The maximum atomic E-state index is 5.99. The fourth-order valence-corrected chi connectivity index (χ4v) is 1.64. The lowest BCUT2D eigenvalue weighted by atomic mass is 10.1. The predicted molar refractivity (Wildman–Crippen MR) is 74.9 cm³/mol. The Bertz CT molecular complexity index is 328. The Morgan fingerprint density at radius 3 is 2.72 bits per heavy atom. The van der Waals surface area contributed by atoms with Crippen LogP contribution < -0.4 is 10.5 Å². The molecule has 1 aromatic rings. The van der Waals surface area contributed by atoms with E-state index in [9.17, 15) is 0 Å². The van der Waals surface area contributed by atoms with Gasteiger partial charge in [-0.1, -0.05) is 32.4 Å². The van der Waals surface area contributed by atoms with Crippen LogP contribution in [0.3, 0.4) is 0 Å². The molecular weight excluding hydrogens is 226 g/mol. The first-order chi connectivity index (χ1) is 8.77. The lowest BCUT2D eigenvalue weighted by molar-refractivity contribution is 0.0980. The van der Waals surface area contributed by atoms with Crippen LogP contribution in [-0.2, 0) is 4.74 Å². The minimum atomic E-state index is 0.0920. The average Bonchev–Trinajstić information content (AvgIpc) is 2.42. The van der Waals surface area contributed by atoms with E-state index in [0.717, 1.165) is 37.2 Å². The molecule has 0 amide bonds. The van der Waals surface area contributed by atoms with E-state index in [-0.39, 0.29) is 6.04 Å². The molecule has 1 atom stereocenters. The highest BCUT2D eigenvalue weighted by Crippen LogP contribution is 2.19. The third kappa shape index (κ3) is 5.52. The normalized spacial score (nSPS) is 12.4. The Labute approximate surface area is 110 Å². The van der Waals surface area contributed by atoms with Crippen LogP contribution in [0, 0.1) is 0 Å². The summed E-state index contributed by atoms with van der Waals surface area (Å²) in [6.45, 7) is 6.29. The van der Waals surface area contributed by atoms with Gasteiger partial charge >= 0.3 is 0 Å². The zero-order valence-corrected chi connectivity index (χ0v) is 11.5. The maximum absolute atomic E-state index is 5.99. The summed E-state index contributed by atoms with van der Waals surface area (Å²) in [5.41, 5.74) is 7.12. The molecule has 1 unspecified atom stereocenters. The van der Waals surface area contributed by atoms with Crippen LogP contribution in [-0.4, -0.2) is 19.8 Å². The Hall–Kier alpha value is -1.06. The van der Waals surface area contributed by atoms with E-state index in [4.69, 9.17) is 15.2 Å². The summed E-state index contributed by atoms with van der Waals surface area (Å²) in [4.78, 5) is 0. The molecule has 102 valence electrons. The van der Waals surface area contributed by atoms with Crippen LogP contribution >= 0.6 is 0 Å². The van der Waals surface area contributed by atoms with Crippen LogP contribution in [0.4, 0.5) is 0 Å². The molecule has 0 bridgehead atoms. The van der Waals surface area contributed by atoms with Crippen molar-refractivity contribution >= 4 is 0 Å². The molecule has 1 aromatic carbocycles. The third-order valence-corrected chi connectivity index (χ3v) is 2.86. The second kappa shape index (κ2) is 8.95. The minimum Gasteiger partial charge on any atom is -0.491 e. The third-order valence-electron chi connectivity index (χ3n) is 2.86. The number of nitrogens with two attached hydrogens (primary N) is 1. The number of hydrogen-bond donors (Lipinski definition) is 1. The van der Waals surface area contributed by atoms with Gasteiger partial charge in [-0.15, -0.1) is 0 Å². The van der Waals surface area contributed by atoms with Crippen molar-refractivity contribution in [1.29, 1.82) is 0 Å². The summed E-state index contributed by atoms with van der Waals surface area (Å²) in [5.74, 6) is 0.871. The van der Waals surface area contributed by atoms with Crippen LogP contribution in [0.2, 0.25) is 0 Å². The van der Waals surface area contributed by atoms with Crippen LogP contribution in [0.1, 0.15) is 44.7 Å². The molecule has 3 heteroatoms. The largest absolute Gasteiger partial charge is 0.491 e. The second-order valence-electron chi connectivity index (χ2n) is 4.40. The molecule has 3 nitrogen and oxygen atoms in total. The Morgan fingerprint density at radius 1 is 1.17 bits per heavy atom. The predicted octanol–water partition coefficient (Wildman–Crippen LogP) is 3.29. The van der Waals surface area contributed by atoms with Crippen molar-refractivity contribution in [3.05, 3.63) is 29.8 Å². The fraction of sp³-hybridized carbons (Fsp3) is 0.600. The van der Waals surface area contributed by atoms with Crippen molar-refractivity contribution < 1.29 is 9.47 Å². The van der Waals surface area contributed by atoms with Gasteiger partial charge in [0.05, 0.1) is 6.61 Å². The Morgan fingerprint density at radius 2 is 2.00 bits per heavy atom. The van der Waals surface area contributed by atoms with Gasteiger partial charge in [-0.05, 0) is 30.5 Å². The average molecular weight is 251 g/mol. The van der Waals surface area contributed by atoms with Gasteiger partial charge in [0, 0.05) is 12.6 Å². The molecule has 0 heterocycles. The molecule has 1 rings (SSSR count). The van der Waals surface area contributed by atoms with E-state index in [1.807, 2.05) is 24.3 Å². The van der Waals surface area contributed by atoms with Gasteiger partial charge in [-0.25, -0.2) is 0 Å². The van der Waals surface area contributed by atoms with Crippen molar-refractivity contribution in [3.8, 4) is 5.75 Å². The van der Waals surface area contributed by atoms with E-state index in [0.29, 0.717) is 13.2 Å². The van der Waals surface area contributed by atoms with Crippen LogP contribution in [0.15, 0.2) is 24.3 Å². The molecule has 0 spiro atoms. The summed E-state index contributed by atoms with van der Waals surface area (Å²) in [5, 5.41) is 0. The van der Waals surface area contributed by atoms with Gasteiger partial charge in [-0.2, -0.15) is 0 Å². The quantitative estimate of drug-likeness (QED) is 0.685. The molecule has 2 N–H and O–H groups in total. The zero-order chi connectivity index (χ0) is 13.2. The molecular formula is C15H25NO2. The lowest BCUT2D eigenvalue weighted by Crippen LogP contribution is -2.10. The first-order valence-electron chi connectivity index (χ1n) is 6.84. The Kier molecular flexibility index (Phi) is 7.46. The summed E-state index contributed by atoms with van der Waals surface area (Å²) >= 11 is 0. The minimum absolute atomic E-state index is 0.0920. The monoisotopic (exact) mass is 251 g/mol. The second-order valence-corrected chi connectivity index (χ2v) is 4.40.